The fourth-order valence-electron chi connectivity index (χ4n) is 3.48. The molecule has 1 aliphatic rings. The Morgan fingerprint density at radius 1 is 1.31 bits per heavy atom. The number of hydrogen-bond acceptors (Lipinski definition) is 6. The molecule has 4 heterocycles. The van der Waals surface area contributed by atoms with Crippen molar-refractivity contribution in [2.24, 2.45) is 0 Å². The number of amides is 1. The number of piperidine rings is 1. The molecule has 1 aliphatic heterocycles. The maximum Gasteiger partial charge on any atom is 0.254 e. The Morgan fingerprint density at radius 2 is 2.15 bits per heavy atom. The second kappa shape index (κ2) is 7.36. The van der Waals surface area contributed by atoms with Crippen molar-refractivity contribution in [2.75, 3.05) is 13.1 Å². The Morgan fingerprint density at radius 3 is 2.81 bits per heavy atom. The zero-order chi connectivity index (χ0) is 17.9. The fraction of sp³-hybridized carbons (Fsp3) is 0.471. The van der Waals surface area contributed by atoms with Crippen LogP contribution in [0.4, 0.5) is 0 Å². The van der Waals surface area contributed by atoms with E-state index in [0.717, 1.165) is 49.7 Å². The minimum atomic E-state index is 0.133. The van der Waals surface area contributed by atoms with E-state index in [-0.39, 0.29) is 5.91 Å². The number of likely N-dealkylation sites (tertiary alicyclic amines) is 1. The molecule has 0 aliphatic carbocycles. The molecular formula is C17H21N7OS. The molecule has 3 aromatic rings. The first-order valence-corrected chi connectivity index (χ1v) is 9.76. The van der Waals surface area contributed by atoms with E-state index in [2.05, 4.69) is 31.8 Å². The van der Waals surface area contributed by atoms with Gasteiger partial charge < -0.3 is 9.47 Å². The zero-order valence-corrected chi connectivity index (χ0v) is 15.5. The molecule has 0 unspecified atom stereocenters. The van der Waals surface area contributed by atoms with Crippen LogP contribution in [0.5, 0.6) is 0 Å². The van der Waals surface area contributed by atoms with Gasteiger partial charge in [0.25, 0.3) is 5.91 Å². The van der Waals surface area contributed by atoms with Gasteiger partial charge in [0, 0.05) is 30.9 Å². The highest BCUT2D eigenvalue weighted by atomic mass is 32.1. The van der Waals surface area contributed by atoms with Gasteiger partial charge in [-0.05, 0) is 31.2 Å². The highest BCUT2D eigenvalue weighted by Crippen LogP contribution is 2.28. The number of nitrogens with zero attached hydrogens (tertiary/aromatic N) is 7. The van der Waals surface area contributed by atoms with Crippen molar-refractivity contribution < 1.29 is 4.79 Å². The first kappa shape index (κ1) is 16.9. The number of carbonyl (C=O) groups excluding carboxylic acids is 1. The third-order valence-corrected chi connectivity index (χ3v) is 5.54. The van der Waals surface area contributed by atoms with E-state index in [1.807, 2.05) is 21.7 Å². The van der Waals surface area contributed by atoms with Crippen LogP contribution in [0.25, 0.3) is 0 Å². The lowest BCUT2D eigenvalue weighted by Gasteiger charge is -2.31. The summed E-state index contributed by atoms with van der Waals surface area (Å²) in [4.78, 5) is 18.4. The molecule has 0 atom stereocenters. The molecule has 9 heteroatoms. The van der Waals surface area contributed by atoms with Gasteiger partial charge in [-0.1, -0.05) is 0 Å². The van der Waals surface area contributed by atoms with Crippen LogP contribution in [-0.2, 0) is 13.1 Å². The van der Waals surface area contributed by atoms with Crippen LogP contribution >= 0.6 is 11.3 Å². The monoisotopic (exact) mass is 371 g/mol. The summed E-state index contributed by atoms with van der Waals surface area (Å²) >= 11 is 1.56. The van der Waals surface area contributed by atoms with Crippen LogP contribution in [0.1, 0.15) is 47.7 Å². The lowest BCUT2D eigenvalue weighted by atomic mass is 9.95. The molecule has 0 saturated carbocycles. The molecule has 8 nitrogen and oxygen atoms in total. The van der Waals surface area contributed by atoms with Gasteiger partial charge in [-0.3, -0.25) is 4.79 Å². The van der Waals surface area contributed by atoms with Crippen molar-refractivity contribution in [3.63, 3.8) is 0 Å². The second-order valence-electron chi connectivity index (χ2n) is 6.39. The highest BCUT2D eigenvalue weighted by molar-refractivity contribution is 7.08. The van der Waals surface area contributed by atoms with Gasteiger partial charge in [-0.2, -0.15) is 16.4 Å². The summed E-state index contributed by atoms with van der Waals surface area (Å²) < 4.78 is 3.92. The summed E-state index contributed by atoms with van der Waals surface area (Å²) in [5.41, 5.74) is 0.792. The molecule has 0 bridgehead atoms. The lowest BCUT2D eigenvalue weighted by Crippen LogP contribution is -2.38. The van der Waals surface area contributed by atoms with Crippen LogP contribution in [0, 0.1) is 0 Å². The van der Waals surface area contributed by atoms with E-state index >= 15 is 0 Å². The van der Waals surface area contributed by atoms with E-state index in [4.69, 9.17) is 0 Å². The summed E-state index contributed by atoms with van der Waals surface area (Å²) in [6.07, 6.45) is 5.03. The first-order valence-electron chi connectivity index (χ1n) is 8.82. The predicted octanol–water partition coefficient (Wildman–Crippen LogP) is 2.02. The molecule has 0 radical (unpaired) electrons. The number of aromatic nitrogens is 6. The Balaban J connectivity index is 1.44. The predicted molar refractivity (Wildman–Crippen MR) is 97.0 cm³/mol. The van der Waals surface area contributed by atoms with Crippen LogP contribution in [0.3, 0.4) is 0 Å². The topological polar surface area (TPSA) is 81.7 Å². The van der Waals surface area contributed by atoms with Crippen LogP contribution in [0.2, 0.25) is 0 Å². The molecule has 3 aromatic heterocycles. The van der Waals surface area contributed by atoms with Gasteiger partial charge in [0.1, 0.15) is 25.0 Å². The maximum absolute atomic E-state index is 12.5. The van der Waals surface area contributed by atoms with E-state index in [1.54, 1.807) is 22.3 Å². The van der Waals surface area contributed by atoms with E-state index in [0.29, 0.717) is 12.5 Å². The van der Waals surface area contributed by atoms with Crippen LogP contribution in [-0.4, -0.2) is 53.4 Å². The molecule has 26 heavy (non-hydrogen) atoms. The van der Waals surface area contributed by atoms with E-state index < -0.39 is 0 Å². The number of hydrogen-bond donors (Lipinski definition) is 0. The Kier molecular flexibility index (Phi) is 4.79. The summed E-state index contributed by atoms with van der Waals surface area (Å²) in [6, 6.07) is 1.89. The molecule has 1 fully saturated rings. The fourth-order valence-corrected chi connectivity index (χ4v) is 4.11. The van der Waals surface area contributed by atoms with E-state index in [9.17, 15) is 4.79 Å². The van der Waals surface area contributed by atoms with Gasteiger partial charge in [0.05, 0.1) is 5.56 Å². The van der Waals surface area contributed by atoms with Crippen LogP contribution in [0.15, 0.2) is 29.5 Å². The molecule has 0 aromatic carbocycles. The highest BCUT2D eigenvalue weighted by Gasteiger charge is 2.28. The zero-order valence-electron chi connectivity index (χ0n) is 14.7. The second-order valence-corrected chi connectivity index (χ2v) is 7.17. The molecule has 0 spiro atoms. The third kappa shape index (κ3) is 3.26. The average Bonchev–Trinajstić information content (AvgIpc) is 3.43. The number of thiophene rings is 1. The summed E-state index contributed by atoms with van der Waals surface area (Å²) in [5, 5.41) is 16.8. The Bertz CT molecular complexity index is 848. The quantitative estimate of drug-likeness (QED) is 0.685. The SMILES string of the molecule is CCn1c(Cn2cncn2)nnc1C1CCN(C(=O)c2ccsc2)CC1. The summed E-state index contributed by atoms with van der Waals surface area (Å²) in [6.45, 7) is 5.01. The Labute approximate surface area is 155 Å². The molecule has 0 N–H and O–H groups in total. The van der Waals surface area contributed by atoms with Crippen molar-refractivity contribution >= 4 is 17.2 Å². The molecule has 136 valence electrons. The minimum absolute atomic E-state index is 0.133. The van der Waals surface area contributed by atoms with Crippen molar-refractivity contribution in [3.8, 4) is 0 Å². The smallest absolute Gasteiger partial charge is 0.254 e. The number of rotatable bonds is 5. The van der Waals surface area contributed by atoms with Crippen molar-refractivity contribution in [3.05, 3.63) is 46.7 Å². The lowest BCUT2D eigenvalue weighted by molar-refractivity contribution is 0.0710. The first-order chi connectivity index (χ1) is 12.8. The largest absolute Gasteiger partial charge is 0.339 e. The molecular weight excluding hydrogens is 350 g/mol. The third-order valence-electron chi connectivity index (χ3n) is 4.86. The van der Waals surface area contributed by atoms with Crippen LogP contribution < -0.4 is 0 Å². The molecule has 1 amide bonds. The van der Waals surface area contributed by atoms with Crippen molar-refractivity contribution in [1.82, 2.24) is 34.4 Å². The standard InChI is InChI=1S/C17H21N7OS/c1-2-24-15(9-23-12-18-11-19-23)20-21-16(24)13-3-6-22(7-4-13)17(25)14-5-8-26-10-14/h5,8,10-13H,2-4,6-7,9H2,1H3. The maximum atomic E-state index is 12.5. The summed E-state index contributed by atoms with van der Waals surface area (Å²) in [5.74, 6) is 2.38. The van der Waals surface area contributed by atoms with Gasteiger partial charge in [0.2, 0.25) is 0 Å². The minimum Gasteiger partial charge on any atom is -0.339 e. The Hall–Kier alpha value is -2.55. The van der Waals surface area contributed by atoms with Crippen molar-refractivity contribution in [1.29, 1.82) is 0 Å². The van der Waals surface area contributed by atoms with Gasteiger partial charge >= 0.3 is 0 Å². The molecule has 1 saturated heterocycles. The average molecular weight is 371 g/mol. The summed E-state index contributed by atoms with van der Waals surface area (Å²) in [7, 11) is 0. The molecule has 4 rings (SSSR count). The van der Waals surface area contributed by atoms with Gasteiger partial charge in [-0.15, -0.1) is 10.2 Å². The number of carbonyl (C=O) groups is 1. The van der Waals surface area contributed by atoms with Gasteiger partial charge in [0.15, 0.2) is 5.82 Å². The van der Waals surface area contributed by atoms with Crippen molar-refractivity contribution in [2.45, 2.75) is 38.8 Å². The van der Waals surface area contributed by atoms with E-state index in [1.165, 1.54) is 6.33 Å². The normalized spacial score (nSPS) is 15.5. The van der Waals surface area contributed by atoms with Gasteiger partial charge in [-0.25, -0.2) is 9.67 Å².